The number of ether oxygens (including phenoxy) is 5. The molecule has 5 rings (SSSR count). The van der Waals surface area contributed by atoms with Gasteiger partial charge in [0.05, 0.1) is 20.3 Å². The second-order valence-corrected chi connectivity index (χ2v) is 11.1. The van der Waals surface area contributed by atoms with E-state index in [1.165, 1.54) is 6.08 Å². The third-order valence-electron chi connectivity index (χ3n) is 7.97. The summed E-state index contributed by atoms with van der Waals surface area (Å²) in [5.41, 5.74) is 3.24. The van der Waals surface area contributed by atoms with Crippen LogP contribution in [0.25, 0.3) is 0 Å². The van der Waals surface area contributed by atoms with E-state index in [4.69, 9.17) is 23.7 Å². The number of hydrogen-bond donors (Lipinski definition) is 1. The van der Waals surface area contributed by atoms with Crippen molar-refractivity contribution in [2.45, 2.75) is 24.5 Å². The summed E-state index contributed by atoms with van der Waals surface area (Å²) >= 11 is 0. The fourth-order valence-corrected chi connectivity index (χ4v) is 5.64. The molecule has 0 saturated carbocycles. The predicted octanol–water partition coefficient (Wildman–Crippen LogP) is 7.85. The van der Waals surface area contributed by atoms with Crippen molar-refractivity contribution >= 4 is 5.97 Å². The molecule has 0 radical (unpaired) electrons. The molecule has 0 saturated heterocycles. The molecule has 5 aromatic rings. The smallest absolute Gasteiger partial charge is 0.344 e. The second kappa shape index (κ2) is 16.3. The first-order valence-corrected chi connectivity index (χ1v) is 15.8. The van der Waals surface area contributed by atoms with Crippen molar-refractivity contribution in [3.05, 3.63) is 168 Å². The van der Waals surface area contributed by atoms with E-state index in [2.05, 4.69) is 6.58 Å². The van der Waals surface area contributed by atoms with E-state index in [1.54, 1.807) is 26.4 Å². The normalized spacial score (nSPS) is 11.6. The number of aliphatic hydroxyl groups is 1. The molecule has 0 bridgehead atoms. The topological polar surface area (TPSA) is 83.5 Å². The summed E-state index contributed by atoms with van der Waals surface area (Å²) in [5, 5.41) is 11.5. The van der Waals surface area contributed by atoms with Crippen molar-refractivity contribution in [1.82, 2.24) is 0 Å². The van der Waals surface area contributed by atoms with Crippen LogP contribution in [0.15, 0.2) is 140 Å². The monoisotopic (exact) mass is 644 g/mol. The highest BCUT2D eigenvalue weighted by atomic mass is 16.6. The van der Waals surface area contributed by atoms with E-state index >= 15 is 0 Å². The van der Waals surface area contributed by atoms with Crippen LogP contribution < -0.4 is 18.9 Å². The van der Waals surface area contributed by atoms with Crippen LogP contribution in [0.2, 0.25) is 0 Å². The van der Waals surface area contributed by atoms with E-state index in [-0.39, 0.29) is 13.2 Å². The Morgan fingerprint density at radius 1 is 0.750 bits per heavy atom. The van der Waals surface area contributed by atoms with Gasteiger partial charge in [-0.15, -0.1) is 0 Å². The lowest BCUT2D eigenvalue weighted by Gasteiger charge is -2.36. The first kappa shape index (κ1) is 33.8. The van der Waals surface area contributed by atoms with Crippen LogP contribution in [0.1, 0.15) is 40.3 Å². The summed E-state index contributed by atoms with van der Waals surface area (Å²) in [7, 11) is 3.19. The minimum atomic E-state index is -1.06. The molecule has 0 heterocycles. The molecule has 7 heteroatoms. The van der Waals surface area contributed by atoms with Gasteiger partial charge in [0, 0.05) is 22.8 Å². The van der Waals surface area contributed by atoms with Crippen LogP contribution in [0.4, 0.5) is 0 Å². The molecular formula is C41H40O7. The van der Waals surface area contributed by atoms with Gasteiger partial charge in [0.2, 0.25) is 0 Å². The molecule has 7 nitrogen and oxygen atoms in total. The molecule has 0 fully saturated rings. The number of aliphatic hydroxyl groups excluding tert-OH is 1. The maximum Gasteiger partial charge on any atom is 0.344 e. The fourth-order valence-electron chi connectivity index (χ4n) is 5.64. The molecule has 0 amide bonds. The summed E-state index contributed by atoms with van der Waals surface area (Å²) < 4.78 is 29.0. The summed E-state index contributed by atoms with van der Waals surface area (Å²) in [6.45, 7) is 3.35. The largest absolute Gasteiger partial charge is 0.493 e. The molecule has 48 heavy (non-hydrogen) atoms. The van der Waals surface area contributed by atoms with Crippen molar-refractivity contribution in [2.75, 3.05) is 27.4 Å². The van der Waals surface area contributed by atoms with E-state index < -0.39 is 17.7 Å². The van der Waals surface area contributed by atoms with Gasteiger partial charge in [-0.05, 0) is 48.2 Å². The third kappa shape index (κ3) is 8.06. The van der Waals surface area contributed by atoms with Crippen molar-refractivity contribution in [3.63, 3.8) is 0 Å². The molecule has 0 aliphatic rings. The Labute approximate surface area is 282 Å². The van der Waals surface area contributed by atoms with Gasteiger partial charge in [-0.1, -0.05) is 110 Å². The van der Waals surface area contributed by atoms with Gasteiger partial charge in [-0.3, -0.25) is 0 Å². The third-order valence-corrected chi connectivity index (χ3v) is 7.97. The van der Waals surface area contributed by atoms with E-state index in [1.807, 2.05) is 115 Å². The lowest BCUT2D eigenvalue weighted by atomic mass is 9.80. The van der Waals surface area contributed by atoms with E-state index in [0.717, 1.165) is 22.3 Å². The number of carbonyl (C=O) groups excluding carboxylic acids is 1. The quantitative estimate of drug-likeness (QED) is 0.0666. The van der Waals surface area contributed by atoms with Gasteiger partial charge in [0.15, 0.2) is 23.7 Å². The van der Waals surface area contributed by atoms with Crippen molar-refractivity contribution in [1.29, 1.82) is 0 Å². The molecular weight excluding hydrogens is 604 g/mol. The molecule has 0 unspecified atom stereocenters. The van der Waals surface area contributed by atoms with Gasteiger partial charge in [0.1, 0.15) is 18.1 Å². The van der Waals surface area contributed by atoms with Crippen LogP contribution in [-0.2, 0) is 21.6 Å². The van der Waals surface area contributed by atoms with Gasteiger partial charge in [-0.25, -0.2) is 4.79 Å². The number of aryl methyl sites for hydroxylation is 1. The fraction of sp³-hybridized carbons (Fsp3) is 0.195. The van der Waals surface area contributed by atoms with Crippen LogP contribution >= 0.6 is 0 Å². The highest BCUT2D eigenvalue weighted by molar-refractivity contribution is 5.71. The summed E-state index contributed by atoms with van der Waals surface area (Å²) in [5.74, 6) is 1.52. The minimum Gasteiger partial charge on any atom is -0.493 e. The Balaban J connectivity index is 1.55. The predicted molar refractivity (Wildman–Crippen MR) is 186 cm³/mol. The maximum absolute atomic E-state index is 12.3. The lowest BCUT2D eigenvalue weighted by molar-refractivity contribution is -0.144. The molecule has 0 aromatic heterocycles. The van der Waals surface area contributed by atoms with Crippen LogP contribution in [0, 0.1) is 0 Å². The summed E-state index contributed by atoms with van der Waals surface area (Å²) in [6, 6.07) is 41.0. The van der Waals surface area contributed by atoms with E-state index in [0.29, 0.717) is 41.4 Å². The number of hydrogen-bond acceptors (Lipinski definition) is 7. The average molecular weight is 645 g/mol. The zero-order chi connectivity index (χ0) is 33.8. The average Bonchev–Trinajstić information content (AvgIpc) is 3.15. The number of esters is 1. The Bertz CT molecular complexity index is 1670. The van der Waals surface area contributed by atoms with E-state index in [9.17, 15) is 9.90 Å². The maximum atomic E-state index is 12.3. The Morgan fingerprint density at radius 3 is 1.85 bits per heavy atom. The SMILES string of the molecule is C=CCOC(=O)COc1cc(OC(c2ccccc2)(c2ccccc2)c2ccccc2)cc([C@H](O)CCc2ccc(OC)c(OC)c2)c1. The van der Waals surface area contributed by atoms with Gasteiger partial charge in [-0.2, -0.15) is 0 Å². The Morgan fingerprint density at radius 2 is 1.31 bits per heavy atom. The number of carbonyl (C=O) groups is 1. The minimum absolute atomic E-state index is 0.0825. The Kier molecular flexibility index (Phi) is 11.5. The molecule has 0 spiro atoms. The Hall–Kier alpha value is -5.53. The molecule has 0 aliphatic heterocycles. The second-order valence-electron chi connectivity index (χ2n) is 11.1. The highest BCUT2D eigenvalue weighted by Crippen LogP contribution is 2.42. The molecule has 246 valence electrons. The number of methoxy groups -OCH3 is 2. The molecule has 1 N–H and O–H groups in total. The zero-order valence-electron chi connectivity index (χ0n) is 27.2. The molecule has 1 atom stereocenters. The molecule has 5 aromatic carbocycles. The van der Waals surface area contributed by atoms with Crippen LogP contribution in [-0.4, -0.2) is 38.5 Å². The first-order chi connectivity index (χ1) is 23.5. The highest BCUT2D eigenvalue weighted by Gasteiger charge is 2.39. The van der Waals surface area contributed by atoms with Gasteiger partial charge in [0.25, 0.3) is 0 Å². The number of rotatable bonds is 16. The number of benzene rings is 5. The van der Waals surface area contributed by atoms with Crippen LogP contribution in [0.5, 0.6) is 23.0 Å². The van der Waals surface area contributed by atoms with Gasteiger partial charge < -0.3 is 28.8 Å². The standard InChI is InChI=1S/C41H40O7/c1-4-24-46-40(43)29-47-35-26-31(37(42)22-20-30-21-23-38(44-2)39(25-30)45-3)27-36(28-35)48-41(32-14-8-5-9-15-32,33-16-10-6-11-17-33)34-18-12-7-13-19-34/h4-19,21,23,25-28,37,42H,1,20,22,24,29H2,2-3H3/t37-/m1/s1. The van der Waals surface area contributed by atoms with Crippen molar-refractivity contribution < 1.29 is 33.6 Å². The zero-order valence-corrected chi connectivity index (χ0v) is 27.2. The van der Waals surface area contributed by atoms with Crippen LogP contribution in [0.3, 0.4) is 0 Å². The van der Waals surface area contributed by atoms with Crippen molar-refractivity contribution in [2.24, 2.45) is 0 Å². The molecule has 0 aliphatic carbocycles. The summed E-state index contributed by atoms with van der Waals surface area (Å²) in [4.78, 5) is 12.3. The van der Waals surface area contributed by atoms with Gasteiger partial charge >= 0.3 is 5.97 Å². The first-order valence-electron chi connectivity index (χ1n) is 15.8. The van der Waals surface area contributed by atoms with Crippen molar-refractivity contribution in [3.8, 4) is 23.0 Å². The summed E-state index contributed by atoms with van der Waals surface area (Å²) in [6.07, 6.45) is 1.59. The lowest BCUT2D eigenvalue weighted by Crippen LogP contribution is -2.36.